The van der Waals surface area contributed by atoms with Crippen molar-refractivity contribution in [3.63, 3.8) is 0 Å². The molecule has 2 heteroatoms. The van der Waals surface area contributed by atoms with Crippen molar-refractivity contribution in [2.45, 2.75) is 33.6 Å². The predicted molar refractivity (Wildman–Crippen MR) is 70.4 cm³/mol. The van der Waals surface area contributed by atoms with Crippen LogP contribution in [0.4, 0.5) is 0 Å². The number of aromatic carboxylic acids is 1. The van der Waals surface area contributed by atoms with Crippen LogP contribution in [-0.4, -0.2) is 11.1 Å². The SMILES string of the molecule is CC(C)=CC(c1ccc(C(=O)O)cc1)C(C)C. The third-order valence-electron chi connectivity index (χ3n) is 2.77. The number of carbonyl (C=O) groups is 1. The molecule has 0 aliphatic heterocycles. The molecule has 0 heterocycles. The van der Waals surface area contributed by atoms with Crippen molar-refractivity contribution in [1.29, 1.82) is 0 Å². The van der Waals surface area contributed by atoms with E-state index in [1.54, 1.807) is 12.1 Å². The molecule has 0 saturated heterocycles. The fraction of sp³-hybridized carbons (Fsp3) is 0.400. The van der Waals surface area contributed by atoms with Gasteiger partial charge in [-0.25, -0.2) is 4.79 Å². The van der Waals surface area contributed by atoms with E-state index in [0.717, 1.165) is 0 Å². The molecule has 0 aliphatic rings. The first-order valence-corrected chi connectivity index (χ1v) is 5.90. The highest BCUT2D eigenvalue weighted by Crippen LogP contribution is 2.27. The Morgan fingerprint density at radius 2 is 1.71 bits per heavy atom. The van der Waals surface area contributed by atoms with E-state index in [-0.39, 0.29) is 0 Å². The van der Waals surface area contributed by atoms with Crippen LogP contribution in [0.3, 0.4) is 0 Å². The number of hydrogen-bond acceptors (Lipinski definition) is 1. The molecule has 0 amide bonds. The van der Waals surface area contributed by atoms with Crippen LogP contribution in [0.1, 0.15) is 49.5 Å². The smallest absolute Gasteiger partial charge is 0.335 e. The number of carboxylic acids is 1. The van der Waals surface area contributed by atoms with Crippen molar-refractivity contribution in [2.24, 2.45) is 5.92 Å². The fourth-order valence-corrected chi connectivity index (χ4v) is 1.88. The quantitative estimate of drug-likeness (QED) is 0.794. The van der Waals surface area contributed by atoms with E-state index in [2.05, 4.69) is 33.8 Å². The topological polar surface area (TPSA) is 37.3 Å². The van der Waals surface area contributed by atoms with Crippen molar-refractivity contribution in [2.75, 3.05) is 0 Å². The van der Waals surface area contributed by atoms with Gasteiger partial charge >= 0.3 is 5.97 Å². The number of carboxylic acid groups (broad SMARTS) is 1. The molecule has 1 aromatic rings. The highest BCUT2D eigenvalue weighted by Gasteiger charge is 2.13. The fourth-order valence-electron chi connectivity index (χ4n) is 1.88. The van der Waals surface area contributed by atoms with Crippen molar-refractivity contribution < 1.29 is 9.90 Å². The van der Waals surface area contributed by atoms with Crippen LogP contribution in [0, 0.1) is 5.92 Å². The Morgan fingerprint density at radius 1 is 1.18 bits per heavy atom. The molecule has 2 nitrogen and oxygen atoms in total. The van der Waals surface area contributed by atoms with Gasteiger partial charge in [0.05, 0.1) is 5.56 Å². The molecule has 0 saturated carbocycles. The molecular formula is C15H20O2. The minimum absolute atomic E-state index is 0.341. The summed E-state index contributed by atoms with van der Waals surface area (Å²) in [5.41, 5.74) is 2.80. The monoisotopic (exact) mass is 232 g/mol. The second-order valence-corrected chi connectivity index (χ2v) is 4.94. The van der Waals surface area contributed by atoms with Crippen molar-refractivity contribution >= 4 is 5.97 Å². The lowest BCUT2D eigenvalue weighted by atomic mass is 9.87. The average molecular weight is 232 g/mol. The molecule has 1 unspecified atom stereocenters. The van der Waals surface area contributed by atoms with Crippen LogP contribution in [0.2, 0.25) is 0 Å². The molecule has 1 N–H and O–H groups in total. The molecule has 0 fully saturated rings. The van der Waals surface area contributed by atoms with Gasteiger partial charge in [-0.2, -0.15) is 0 Å². The second kappa shape index (κ2) is 5.67. The summed E-state index contributed by atoms with van der Waals surface area (Å²) < 4.78 is 0. The highest BCUT2D eigenvalue weighted by molar-refractivity contribution is 5.87. The van der Waals surface area contributed by atoms with Crippen molar-refractivity contribution in [3.05, 3.63) is 47.0 Å². The summed E-state index contributed by atoms with van der Waals surface area (Å²) >= 11 is 0. The third-order valence-corrected chi connectivity index (χ3v) is 2.77. The maximum atomic E-state index is 10.8. The number of benzene rings is 1. The second-order valence-electron chi connectivity index (χ2n) is 4.94. The zero-order valence-electron chi connectivity index (χ0n) is 10.9. The molecule has 17 heavy (non-hydrogen) atoms. The van der Waals surface area contributed by atoms with Crippen LogP contribution < -0.4 is 0 Å². The molecule has 0 radical (unpaired) electrons. The lowest BCUT2D eigenvalue weighted by Crippen LogP contribution is -2.05. The van der Waals surface area contributed by atoms with Crippen LogP contribution in [0.15, 0.2) is 35.9 Å². The lowest BCUT2D eigenvalue weighted by molar-refractivity contribution is 0.0697. The molecule has 0 bridgehead atoms. The lowest BCUT2D eigenvalue weighted by Gasteiger charge is -2.18. The van der Waals surface area contributed by atoms with E-state index in [1.165, 1.54) is 11.1 Å². The Bertz CT molecular complexity index is 409. The van der Waals surface area contributed by atoms with Gasteiger partial charge in [-0.3, -0.25) is 0 Å². The van der Waals surface area contributed by atoms with Gasteiger partial charge < -0.3 is 5.11 Å². The number of hydrogen-bond donors (Lipinski definition) is 1. The van der Waals surface area contributed by atoms with Crippen LogP contribution in [0.5, 0.6) is 0 Å². The summed E-state index contributed by atoms with van der Waals surface area (Å²) in [6.07, 6.45) is 2.24. The zero-order chi connectivity index (χ0) is 13.0. The van der Waals surface area contributed by atoms with Crippen LogP contribution in [-0.2, 0) is 0 Å². The maximum Gasteiger partial charge on any atom is 0.335 e. The maximum absolute atomic E-state index is 10.8. The number of rotatable bonds is 4. The largest absolute Gasteiger partial charge is 0.478 e. The van der Waals surface area contributed by atoms with E-state index < -0.39 is 5.97 Å². The average Bonchev–Trinajstić information content (AvgIpc) is 2.25. The predicted octanol–water partition coefficient (Wildman–Crippen LogP) is 4.09. The zero-order valence-corrected chi connectivity index (χ0v) is 10.9. The Labute approximate surface area is 103 Å². The molecule has 1 atom stereocenters. The Morgan fingerprint density at radius 3 is 2.06 bits per heavy atom. The van der Waals surface area contributed by atoms with Gasteiger partial charge in [0.2, 0.25) is 0 Å². The van der Waals surface area contributed by atoms with Crippen LogP contribution in [0.25, 0.3) is 0 Å². The molecule has 1 rings (SSSR count). The Hall–Kier alpha value is -1.57. The molecule has 1 aromatic carbocycles. The van der Waals surface area contributed by atoms with Gasteiger partial charge in [-0.15, -0.1) is 0 Å². The first-order valence-electron chi connectivity index (χ1n) is 5.90. The summed E-state index contributed by atoms with van der Waals surface area (Å²) in [5, 5.41) is 8.86. The summed E-state index contributed by atoms with van der Waals surface area (Å²) in [4.78, 5) is 10.8. The van der Waals surface area contributed by atoms with Gasteiger partial charge in [-0.1, -0.05) is 37.6 Å². The standard InChI is InChI=1S/C15H20O2/c1-10(2)9-14(11(3)4)12-5-7-13(8-6-12)15(16)17/h5-9,11,14H,1-4H3,(H,16,17). The van der Waals surface area contributed by atoms with E-state index in [0.29, 0.717) is 17.4 Å². The van der Waals surface area contributed by atoms with Crippen molar-refractivity contribution in [3.8, 4) is 0 Å². The minimum atomic E-state index is -0.875. The van der Waals surface area contributed by atoms with E-state index in [4.69, 9.17) is 5.11 Å². The van der Waals surface area contributed by atoms with E-state index >= 15 is 0 Å². The molecular weight excluding hydrogens is 212 g/mol. The first-order chi connectivity index (χ1) is 7.91. The van der Waals surface area contributed by atoms with Gasteiger partial charge in [0.15, 0.2) is 0 Å². The molecule has 0 aliphatic carbocycles. The van der Waals surface area contributed by atoms with Crippen LogP contribution >= 0.6 is 0 Å². The van der Waals surface area contributed by atoms with Gasteiger partial charge in [0, 0.05) is 5.92 Å². The summed E-state index contributed by atoms with van der Waals surface area (Å²) in [6, 6.07) is 7.17. The Kier molecular flexibility index (Phi) is 4.50. The van der Waals surface area contributed by atoms with Gasteiger partial charge in [0.25, 0.3) is 0 Å². The summed E-state index contributed by atoms with van der Waals surface area (Å²) in [5.74, 6) is -0.0247. The van der Waals surface area contributed by atoms with Gasteiger partial charge in [0.1, 0.15) is 0 Å². The Balaban J connectivity index is 3.04. The normalized spacial score (nSPS) is 12.3. The van der Waals surface area contributed by atoms with E-state index in [9.17, 15) is 4.79 Å². The third kappa shape index (κ3) is 3.74. The minimum Gasteiger partial charge on any atom is -0.478 e. The summed E-state index contributed by atoms with van der Waals surface area (Å²) in [6.45, 7) is 8.52. The van der Waals surface area contributed by atoms with E-state index in [1.807, 2.05) is 12.1 Å². The molecule has 0 aromatic heterocycles. The molecule has 92 valence electrons. The van der Waals surface area contributed by atoms with Crippen molar-refractivity contribution in [1.82, 2.24) is 0 Å². The summed E-state index contributed by atoms with van der Waals surface area (Å²) in [7, 11) is 0. The highest BCUT2D eigenvalue weighted by atomic mass is 16.4. The van der Waals surface area contributed by atoms with Gasteiger partial charge in [-0.05, 0) is 37.5 Å². The number of allylic oxidation sites excluding steroid dienone is 2. The first kappa shape index (κ1) is 13.5. The molecule has 0 spiro atoms.